The number of hydrogen-bond acceptors (Lipinski definition) is 0. The third-order valence-corrected chi connectivity index (χ3v) is 3.06. The van der Waals surface area contributed by atoms with Crippen LogP contribution < -0.4 is 0 Å². The van der Waals surface area contributed by atoms with Crippen LogP contribution in [0.5, 0.6) is 0 Å². The molecule has 0 aliphatic carbocycles. The summed E-state index contributed by atoms with van der Waals surface area (Å²) >= 11 is 0. The molecule has 2 heteroatoms. The summed E-state index contributed by atoms with van der Waals surface area (Å²) in [4.78, 5) is 3.49. The topological polar surface area (TPSA) is 18.8 Å². The van der Waals surface area contributed by atoms with Crippen molar-refractivity contribution < 1.29 is 4.58 Å². The summed E-state index contributed by atoms with van der Waals surface area (Å²) in [6.07, 6.45) is 2.28. The van der Waals surface area contributed by atoms with Crippen molar-refractivity contribution in [3.05, 3.63) is 35.5 Å². The number of fused-ring (bicyclic) bond motifs is 5. The Balaban J connectivity index is 2.21. The molecule has 0 radical (unpaired) electrons. The van der Waals surface area contributed by atoms with Crippen LogP contribution in [0.1, 0.15) is 17.3 Å². The molecule has 2 aromatic rings. The van der Waals surface area contributed by atoms with Gasteiger partial charge in [0, 0.05) is 10.9 Å². The maximum absolute atomic E-state index is 3.49. The zero-order valence-electron chi connectivity index (χ0n) is 7.12. The van der Waals surface area contributed by atoms with Gasteiger partial charge in [0.25, 0.3) is 6.04 Å². The van der Waals surface area contributed by atoms with Crippen molar-refractivity contribution in [2.45, 2.75) is 6.04 Å². The van der Waals surface area contributed by atoms with Crippen molar-refractivity contribution in [3.63, 3.8) is 0 Å². The summed E-state index contributed by atoms with van der Waals surface area (Å²) in [6.45, 7) is 1.21. The summed E-state index contributed by atoms with van der Waals surface area (Å²) < 4.78 is 2.37. The molecule has 2 aliphatic rings. The average Bonchev–Trinajstić information content (AvgIpc) is 2.68. The summed E-state index contributed by atoms with van der Waals surface area (Å²) in [6, 6.07) is 9.19. The van der Waals surface area contributed by atoms with Gasteiger partial charge >= 0.3 is 0 Å². The Morgan fingerprint density at radius 2 is 2.23 bits per heavy atom. The summed E-state index contributed by atoms with van der Waals surface area (Å²) in [5.74, 6) is 0. The third-order valence-electron chi connectivity index (χ3n) is 3.06. The molecule has 1 fully saturated rings. The number of rotatable bonds is 0. The van der Waals surface area contributed by atoms with Gasteiger partial charge in [0.15, 0.2) is 6.21 Å². The quantitative estimate of drug-likeness (QED) is 0.457. The van der Waals surface area contributed by atoms with Gasteiger partial charge in [0.2, 0.25) is 6.54 Å². The number of aromatic amines is 1. The molecule has 1 N–H and O–H groups in total. The molecule has 1 unspecified atom stereocenters. The van der Waals surface area contributed by atoms with Gasteiger partial charge in [0.1, 0.15) is 5.69 Å². The molecule has 62 valence electrons. The number of nitrogens with one attached hydrogen (secondary N) is 1. The number of hydrogen-bond donors (Lipinski definition) is 1. The molecule has 1 aromatic carbocycles. The lowest BCUT2D eigenvalue weighted by Gasteiger charge is -1.86. The molecule has 4 rings (SSSR count). The van der Waals surface area contributed by atoms with Gasteiger partial charge in [-0.15, -0.1) is 0 Å². The SMILES string of the molecule is C1=[N+]2CC2c2[nH]c3ccccc3c21. The highest BCUT2D eigenvalue weighted by molar-refractivity contribution is 6.00. The second kappa shape index (κ2) is 1.69. The Bertz CT molecular complexity index is 548. The van der Waals surface area contributed by atoms with E-state index in [1.807, 2.05) is 0 Å². The average molecular weight is 169 g/mol. The fourth-order valence-corrected chi connectivity index (χ4v) is 2.30. The first-order valence-corrected chi connectivity index (χ1v) is 4.65. The first-order chi connectivity index (χ1) is 6.43. The van der Waals surface area contributed by atoms with Crippen molar-refractivity contribution >= 4 is 17.1 Å². The third kappa shape index (κ3) is 0.590. The van der Waals surface area contributed by atoms with Crippen LogP contribution in [0.2, 0.25) is 0 Å². The molecule has 0 spiro atoms. The Kier molecular flexibility index (Phi) is 0.776. The van der Waals surface area contributed by atoms with Gasteiger partial charge < -0.3 is 4.98 Å². The zero-order valence-corrected chi connectivity index (χ0v) is 7.12. The van der Waals surface area contributed by atoms with E-state index in [0.29, 0.717) is 6.04 Å². The minimum Gasteiger partial charge on any atom is -0.352 e. The lowest BCUT2D eigenvalue weighted by atomic mass is 10.1. The lowest BCUT2D eigenvalue weighted by Crippen LogP contribution is -1.83. The Hall–Kier alpha value is -1.57. The number of para-hydroxylation sites is 1. The van der Waals surface area contributed by atoms with E-state index < -0.39 is 0 Å². The van der Waals surface area contributed by atoms with Crippen molar-refractivity contribution in [2.75, 3.05) is 6.54 Å². The lowest BCUT2D eigenvalue weighted by molar-refractivity contribution is -0.353. The van der Waals surface area contributed by atoms with Crippen molar-refractivity contribution in [3.8, 4) is 0 Å². The largest absolute Gasteiger partial charge is 0.352 e. The van der Waals surface area contributed by atoms with Crippen LogP contribution in [0.15, 0.2) is 24.3 Å². The van der Waals surface area contributed by atoms with E-state index in [2.05, 4.69) is 40.0 Å². The summed E-state index contributed by atoms with van der Waals surface area (Å²) in [5, 5.41) is 1.37. The second-order valence-electron chi connectivity index (χ2n) is 3.84. The first-order valence-electron chi connectivity index (χ1n) is 4.65. The number of benzene rings is 1. The molecular weight excluding hydrogens is 160 g/mol. The van der Waals surface area contributed by atoms with E-state index in [0.717, 1.165) is 0 Å². The van der Waals surface area contributed by atoms with E-state index in [9.17, 15) is 0 Å². The fraction of sp³-hybridized carbons (Fsp3) is 0.182. The monoisotopic (exact) mass is 169 g/mol. The first kappa shape index (κ1) is 5.97. The Labute approximate surface area is 75.5 Å². The molecule has 1 saturated heterocycles. The highest BCUT2D eigenvalue weighted by Gasteiger charge is 2.49. The molecule has 2 nitrogen and oxygen atoms in total. The molecule has 1 atom stereocenters. The summed E-state index contributed by atoms with van der Waals surface area (Å²) in [5.41, 5.74) is 4.10. The maximum Gasteiger partial charge on any atom is 0.251 e. The van der Waals surface area contributed by atoms with E-state index >= 15 is 0 Å². The van der Waals surface area contributed by atoms with Gasteiger partial charge in [-0.05, 0) is 6.07 Å². The predicted molar refractivity (Wildman–Crippen MR) is 51.3 cm³/mol. The van der Waals surface area contributed by atoms with Crippen molar-refractivity contribution in [1.29, 1.82) is 0 Å². The minimum atomic E-state index is 0.669. The molecule has 2 aliphatic heterocycles. The second-order valence-corrected chi connectivity index (χ2v) is 3.84. The fourth-order valence-electron chi connectivity index (χ4n) is 2.30. The van der Waals surface area contributed by atoms with Gasteiger partial charge in [0.05, 0.1) is 5.56 Å². The van der Waals surface area contributed by atoms with E-state index in [4.69, 9.17) is 0 Å². The van der Waals surface area contributed by atoms with Gasteiger partial charge in [-0.1, -0.05) is 18.2 Å². The van der Waals surface area contributed by atoms with Crippen molar-refractivity contribution in [1.82, 2.24) is 4.98 Å². The van der Waals surface area contributed by atoms with E-state index in [-0.39, 0.29) is 0 Å². The zero-order chi connectivity index (χ0) is 8.41. The van der Waals surface area contributed by atoms with Crippen LogP contribution in [0, 0.1) is 0 Å². The van der Waals surface area contributed by atoms with Crippen LogP contribution in [-0.4, -0.2) is 22.3 Å². The summed E-state index contributed by atoms with van der Waals surface area (Å²) in [7, 11) is 0. The standard InChI is InChI=1S/C11H8N2/c1-2-4-9-7(3-1)8-5-13-6-10(13)11(8)12-9/h1-5,10H,6H2/p+1. The van der Waals surface area contributed by atoms with Crippen molar-refractivity contribution in [2.24, 2.45) is 0 Å². The number of H-pyrrole nitrogens is 1. The molecule has 3 heterocycles. The van der Waals surface area contributed by atoms with Crippen LogP contribution >= 0.6 is 0 Å². The highest BCUT2D eigenvalue weighted by atomic mass is 15.2. The molecule has 0 saturated carbocycles. The minimum absolute atomic E-state index is 0.669. The van der Waals surface area contributed by atoms with Gasteiger partial charge in [-0.2, -0.15) is 0 Å². The smallest absolute Gasteiger partial charge is 0.251 e. The Morgan fingerprint density at radius 1 is 1.31 bits per heavy atom. The van der Waals surface area contributed by atoms with Gasteiger partial charge in [-0.3, -0.25) is 0 Å². The molecule has 0 amide bonds. The van der Waals surface area contributed by atoms with E-state index in [1.54, 1.807) is 0 Å². The van der Waals surface area contributed by atoms with Crippen LogP contribution in [0.3, 0.4) is 0 Å². The number of aromatic nitrogens is 1. The predicted octanol–water partition coefficient (Wildman–Crippen LogP) is 1.67. The van der Waals surface area contributed by atoms with Gasteiger partial charge in [-0.25, -0.2) is 4.58 Å². The Morgan fingerprint density at radius 3 is 3.23 bits per heavy atom. The molecule has 13 heavy (non-hydrogen) atoms. The highest BCUT2D eigenvalue weighted by Crippen LogP contribution is 2.39. The normalized spacial score (nSPS) is 22.8. The van der Waals surface area contributed by atoms with Crippen LogP contribution in [-0.2, 0) is 0 Å². The molecule has 0 bridgehead atoms. The molecule has 1 aromatic heterocycles. The van der Waals surface area contributed by atoms with Crippen LogP contribution in [0.4, 0.5) is 0 Å². The number of nitrogens with zero attached hydrogens (tertiary/aromatic N) is 1. The van der Waals surface area contributed by atoms with Crippen LogP contribution in [0.25, 0.3) is 10.9 Å². The van der Waals surface area contributed by atoms with E-state index in [1.165, 1.54) is 28.7 Å². The maximum atomic E-state index is 3.49. The molecular formula is C11H9N2+.